The van der Waals surface area contributed by atoms with Crippen molar-refractivity contribution in [3.63, 3.8) is 0 Å². The number of aryl methyl sites for hydroxylation is 1. The minimum atomic E-state index is 0.833. The van der Waals surface area contributed by atoms with Crippen LogP contribution in [-0.4, -0.2) is 41.9 Å². The number of guanidine groups is 1. The van der Waals surface area contributed by atoms with E-state index in [2.05, 4.69) is 15.4 Å². The van der Waals surface area contributed by atoms with E-state index in [1.165, 1.54) is 0 Å². The summed E-state index contributed by atoms with van der Waals surface area (Å²) in [4.78, 5) is 4.27. The van der Waals surface area contributed by atoms with Gasteiger partial charge in [0.25, 0.3) is 0 Å². The van der Waals surface area contributed by atoms with Crippen LogP contribution in [0.15, 0.2) is 28.4 Å². The van der Waals surface area contributed by atoms with Crippen molar-refractivity contribution in [2.24, 2.45) is 17.1 Å². The molecular weight excluding hydrogens is 190 g/mol. The van der Waals surface area contributed by atoms with Crippen molar-refractivity contribution in [3.8, 4) is 0 Å². The summed E-state index contributed by atoms with van der Waals surface area (Å²) in [5.41, 5.74) is 1.07. The number of hydrogen-bond donors (Lipinski definition) is 1. The zero-order valence-electron chi connectivity index (χ0n) is 9.01. The molecule has 1 aliphatic heterocycles. The monoisotopic (exact) mass is 205 g/mol. The molecule has 15 heavy (non-hydrogen) atoms. The molecule has 0 saturated heterocycles. The zero-order chi connectivity index (χ0) is 10.7. The van der Waals surface area contributed by atoms with Crippen molar-refractivity contribution < 1.29 is 0 Å². The number of nitrogens with zero attached hydrogens (tertiary/aromatic N) is 4. The van der Waals surface area contributed by atoms with Crippen LogP contribution >= 0.6 is 0 Å². The number of hydrogen-bond acceptors (Lipinski definition) is 4. The van der Waals surface area contributed by atoms with E-state index >= 15 is 0 Å². The van der Waals surface area contributed by atoms with Gasteiger partial charge in [-0.15, -0.1) is 0 Å². The minimum absolute atomic E-state index is 0.833. The second-order valence-electron chi connectivity index (χ2n) is 3.44. The molecule has 1 aromatic heterocycles. The smallest absolute Gasteiger partial charge is 0.214 e. The Hall–Kier alpha value is -1.78. The van der Waals surface area contributed by atoms with Crippen LogP contribution < -0.4 is 5.32 Å². The highest BCUT2D eigenvalue weighted by molar-refractivity contribution is 5.83. The third-order valence-corrected chi connectivity index (χ3v) is 2.31. The van der Waals surface area contributed by atoms with Gasteiger partial charge in [0.1, 0.15) is 0 Å². The lowest BCUT2D eigenvalue weighted by molar-refractivity contribution is 0.530. The van der Waals surface area contributed by atoms with Crippen LogP contribution in [0.4, 0.5) is 0 Å². The molecule has 0 saturated carbocycles. The van der Waals surface area contributed by atoms with Crippen LogP contribution in [0.2, 0.25) is 0 Å². The van der Waals surface area contributed by atoms with Crippen molar-refractivity contribution in [1.29, 1.82) is 0 Å². The summed E-state index contributed by atoms with van der Waals surface area (Å²) in [6, 6.07) is 4.01. The first kappa shape index (κ1) is 9.76. The van der Waals surface area contributed by atoms with Gasteiger partial charge in [0.05, 0.1) is 18.5 Å². The summed E-state index contributed by atoms with van der Waals surface area (Å²) in [5.74, 6) is 0.834. The fourth-order valence-electron chi connectivity index (χ4n) is 1.41. The van der Waals surface area contributed by atoms with Gasteiger partial charge in [-0.05, 0) is 12.1 Å². The maximum Gasteiger partial charge on any atom is 0.214 e. The fraction of sp³-hybridized carbons (Fsp3) is 0.400. The van der Waals surface area contributed by atoms with Crippen LogP contribution in [0.25, 0.3) is 0 Å². The molecule has 1 N–H and O–H groups in total. The highest BCUT2D eigenvalue weighted by Crippen LogP contribution is 1.97. The van der Waals surface area contributed by atoms with Crippen LogP contribution in [0.1, 0.15) is 5.69 Å². The first-order valence-corrected chi connectivity index (χ1v) is 4.95. The van der Waals surface area contributed by atoms with Crippen molar-refractivity contribution in [2.75, 3.05) is 20.1 Å². The molecule has 0 radical (unpaired) electrons. The first-order valence-electron chi connectivity index (χ1n) is 4.95. The Labute approximate surface area is 89.1 Å². The predicted molar refractivity (Wildman–Crippen MR) is 61.1 cm³/mol. The van der Waals surface area contributed by atoms with Gasteiger partial charge >= 0.3 is 0 Å². The van der Waals surface area contributed by atoms with Gasteiger partial charge in [0.15, 0.2) is 0 Å². The Kier molecular flexibility index (Phi) is 2.71. The molecule has 2 heterocycles. The second-order valence-corrected chi connectivity index (χ2v) is 3.44. The van der Waals surface area contributed by atoms with Gasteiger partial charge in [-0.1, -0.05) is 0 Å². The Bertz CT molecular complexity index is 390. The standard InChI is InChI=1S/C10H15N5/c1-14-7-3-4-9(14)8-13-15(2)10-11-5-6-12-10/h3-4,7-8H,5-6H2,1-2H3,(H,11,12)/b13-8-. The molecule has 1 aliphatic rings. The van der Waals surface area contributed by atoms with Crippen molar-refractivity contribution in [2.45, 2.75) is 0 Å². The summed E-state index contributed by atoms with van der Waals surface area (Å²) < 4.78 is 2.02. The first-order chi connectivity index (χ1) is 7.27. The van der Waals surface area contributed by atoms with E-state index in [0.29, 0.717) is 0 Å². The highest BCUT2D eigenvalue weighted by atomic mass is 15.5. The summed E-state index contributed by atoms with van der Waals surface area (Å²) in [5, 5.41) is 9.21. The van der Waals surface area contributed by atoms with Crippen LogP contribution in [0.5, 0.6) is 0 Å². The van der Waals surface area contributed by atoms with E-state index in [-0.39, 0.29) is 0 Å². The number of aliphatic imine (C=N–C) groups is 1. The topological polar surface area (TPSA) is 44.9 Å². The number of nitrogens with one attached hydrogen (secondary N) is 1. The van der Waals surface area contributed by atoms with Gasteiger partial charge < -0.3 is 9.88 Å². The van der Waals surface area contributed by atoms with Gasteiger partial charge in [-0.2, -0.15) is 5.10 Å². The van der Waals surface area contributed by atoms with Crippen LogP contribution in [-0.2, 0) is 7.05 Å². The lowest BCUT2D eigenvalue weighted by Crippen LogP contribution is -2.32. The minimum Gasteiger partial charge on any atom is -0.353 e. The Morgan fingerprint density at radius 1 is 1.67 bits per heavy atom. The Morgan fingerprint density at radius 2 is 2.53 bits per heavy atom. The van der Waals surface area contributed by atoms with Crippen molar-refractivity contribution in [3.05, 3.63) is 24.0 Å². The lowest BCUT2D eigenvalue weighted by atomic mass is 10.5. The molecule has 0 aromatic carbocycles. The average molecular weight is 205 g/mol. The van der Waals surface area contributed by atoms with E-state index in [1.54, 1.807) is 5.01 Å². The lowest BCUT2D eigenvalue weighted by Gasteiger charge is -2.11. The molecule has 5 heteroatoms. The van der Waals surface area contributed by atoms with Gasteiger partial charge in [0.2, 0.25) is 5.96 Å². The average Bonchev–Trinajstić information content (AvgIpc) is 2.85. The molecule has 0 bridgehead atoms. The maximum absolute atomic E-state index is 4.30. The maximum atomic E-state index is 4.30. The molecule has 80 valence electrons. The van der Waals surface area contributed by atoms with Gasteiger partial charge in [-0.3, -0.25) is 0 Å². The normalized spacial score (nSPS) is 15.5. The fourth-order valence-corrected chi connectivity index (χ4v) is 1.41. The molecule has 1 aromatic rings. The highest BCUT2D eigenvalue weighted by Gasteiger charge is 2.08. The number of hydrazone groups is 1. The van der Waals surface area contributed by atoms with E-state index in [9.17, 15) is 0 Å². The van der Waals surface area contributed by atoms with E-state index in [0.717, 1.165) is 24.7 Å². The van der Waals surface area contributed by atoms with Gasteiger partial charge in [0, 0.05) is 26.8 Å². The summed E-state index contributed by atoms with van der Waals surface area (Å²) in [6.07, 6.45) is 3.81. The van der Waals surface area contributed by atoms with E-state index in [4.69, 9.17) is 0 Å². The predicted octanol–water partition coefficient (Wildman–Crippen LogP) is 0.250. The molecule has 2 rings (SSSR count). The molecule has 0 aliphatic carbocycles. The Morgan fingerprint density at radius 3 is 3.13 bits per heavy atom. The quantitative estimate of drug-likeness (QED) is 0.555. The van der Waals surface area contributed by atoms with Crippen LogP contribution in [0, 0.1) is 0 Å². The van der Waals surface area contributed by atoms with Crippen molar-refractivity contribution >= 4 is 12.2 Å². The summed E-state index contributed by atoms with van der Waals surface area (Å²) in [7, 11) is 3.88. The van der Waals surface area contributed by atoms with Crippen molar-refractivity contribution in [1.82, 2.24) is 14.9 Å². The molecule has 0 spiro atoms. The molecule has 0 fully saturated rings. The zero-order valence-corrected chi connectivity index (χ0v) is 9.01. The van der Waals surface area contributed by atoms with E-state index < -0.39 is 0 Å². The molecular formula is C10H15N5. The third kappa shape index (κ3) is 2.18. The van der Waals surface area contributed by atoms with Gasteiger partial charge in [-0.25, -0.2) is 10.0 Å². The number of rotatable bonds is 2. The van der Waals surface area contributed by atoms with Crippen LogP contribution in [0.3, 0.4) is 0 Å². The molecule has 0 amide bonds. The molecule has 0 atom stereocenters. The molecule has 0 unspecified atom stereocenters. The third-order valence-electron chi connectivity index (χ3n) is 2.31. The Balaban J connectivity index is 2.02. The largest absolute Gasteiger partial charge is 0.353 e. The SMILES string of the molecule is CN(/N=C\c1cccn1C)C1=NCCN1. The second kappa shape index (κ2) is 4.16. The van der Waals surface area contributed by atoms with E-state index in [1.807, 2.05) is 43.2 Å². The number of aromatic nitrogens is 1. The summed E-state index contributed by atoms with van der Waals surface area (Å²) in [6.45, 7) is 1.73. The molecule has 5 nitrogen and oxygen atoms in total. The summed E-state index contributed by atoms with van der Waals surface area (Å²) >= 11 is 0.